The molecule has 0 spiro atoms. The number of aryl methyl sites for hydroxylation is 1. The van der Waals surface area contributed by atoms with Crippen LogP contribution in [0.2, 0.25) is 0 Å². The lowest BCUT2D eigenvalue weighted by atomic mass is 10.1. The van der Waals surface area contributed by atoms with Gasteiger partial charge in [0.25, 0.3) is 11.8 Å². The summed E-state index contributed by atoms with van der Waals surface area (Å²) < 4.78 is 2.30. The Labute approximate surface area is 173 Å². The van der Waals surface area contributed by atoms with Crippen molar-refractivity contribution in [2.24, 2.45) is 0 Å². The van der Waals surface area contributed by atoms with Gasteiger partial charge >= 0.3 is 0 Å². The number of aliphatic hydroxyl groups is 1. The molecule has 2 amide bonds. The minimum absolute atomic E-state index is 0.133. The maximum Gasteiger partial charge on any atom is 0.275 e. The van der Waals surface area contributed by atoms with Crippen LogP contribution in [0.15, 0.2) is 24.3 Å². The van der Waals surface area contributed by atoms with Gasteiger partial charge < -0.3 is 10.0 Å². The molecule has 0 atom stereocenters. The standard InChI is InChI=1S/C20H25N5O3S/c1-12-6-8-13(9-7-12)17(27)22-19-21-16-15(29-19)14(18(28)24(5)10-11-26)23-25(16)20(2,3)4/h6-9,26H,10-11H2,1-5H3,(H,21,22,27). The number of carbonyl (C=O) groups excluding carboxylic acids is 2. The lowest BCUT2D eigenvalue weighted by Gasteiger charge is -2.19. The molecule has 0 bridgehead atoms. The van der Waals surface area contributed by atoms with Crippen LogP contribution in [0.1, 0.15) is 47.2 Å². The summed E-state index contributed by atoms with van der Waals surface area (Å²) in [5.74, 6) is -0.561. The number of nitrogens with zero attached hydrogens (tertiary/aromatic N) is 4. The lowest BCUT2D eigenvalue weighted by Crippen LogP contribution is -2.30. The first-order valence-corrected chi connectivity index (χ1v) is 10.1. The average molecular weight is 416 g/mol. The minimum Gasteiger partial charge on any atom is -0.395 e. The fourth-order valence-electron chi connectivity index (χ4n) is 2.77. The third kappa shape index (κ3) is 4.30. The van der Waals surface area contributed by atoms with Gasteiger partial charge in [0.2, 0.25) is 0 Å². The van der Waals surface area contributed by atoms with Crippen LogP contribution >= 0.6 is 11.3 Å². The highest BCUT2D eigenvalue weighted by Gasteiger charge is 2.28. The Hall–Kier alpha value is -2.78. The van der Waals surface area contributed by atoms with Crippen molar-refractivity contribution in [1.82, 2.24) is 19.7 Å². The van der Waals surface area contributed by atoms with Crippen LogP contribution in [-0.2, 0) is 5.54 Å². The lowest BCUT2D eigenvalue weighted by molar-refractivity contribution is 0.0761. The van der Waals surface area contributed by atoms with Crippen LogP contribution in [0.25, 0.3) is 10.3 Å². The van der Waals surface area contributed by atoms with E-state index in [1.165, 1.54) is 16.2 Å². The van der Waals surface area contributed by atoms with Crippen molar-refractivity contribution < 1.29 is 14.7 Å². The normalized spacial score (nSPS) is 11.7. The van der Waals surface area contributed by atoms with Gasteiger partial charge in [-0.3, -0.25) is 14.9 Å². The number of hydrogen-bond donors (Lipinski definition) is 2. The number of aromatic nitrogens is 3. The monoisotopic (exact) mass is 415 g/mol. The summed E-state index contributed by atoms with van der Waals surface area (Å²) in [5, 5.41) is 16.8. The third-order valence-electron chi connectivity index (χ3n) is 4.38. The highest BCUT2D eigenvalue weighted by Crippen LogP contribution is 2.33. The third-order valence-corrected chi connectivity index (χ3v) is 5.35. The van der Waals surface area contributed by atoms with Gasteiger partial charge in [0.05, 0.1) is 12.1 Å². The predicted octanol–water partition coefficient (Wildman–Crippen LogP) is 2.87. The number of carbonyl (C=O) groups is 2. The number of anilines is 1. The van der Waals surface area contributed by atoms with Crippen molar-refractivity contribution in [3.63, 3.8) is 0 Å². The number of nitrogens with one attached hydrogen (secondary N) is 1. The Bertz CT molecular complexity index is 1050. The molecule has 8 nitrogen and oxygen atoms in total. The second-order valence-corrected chi connectivity index (χ2v) is 8.87. The van der Waals surface area contributed by atoms with Gasteiger partial charge in [-0.05, 0) is 39.8 Å². The van der Waals surface area contributed by atoms with E-state index < -0.39 is 5.54 Å². The summed E-state index contributed by atoms with van der Waals surface area (Å²) in [6.45, 7) is 7.93. The van der Waals surface area contributed by atoms with Gasteiger partial charge in [0.1, 0.15) is 4.70 Å². The minimum atomic E-state index is -0.404. The van der Waals surface area contributed by atoms with Gasteiger partial charge in [-0.15, -0.1) is 0 Å². The average Bonchev–Trinajstić information content (AvgIpc) is 3.19. The summed E-state index contributed by atoms with van der Waals surface area (Å²) in [5.41, 5.74) is 2.01. The van der Waals surface area contributed by atoms with Gasteiger partial charge in [-0.25, -0.2) is 4.68 Å². The highest BCUT2D eigenvalue weighted by atomic mass is 32.1. The molecule has 0 unspecified atom stereocenters. The number of likely N-dealkylation sites (N-methyl/N-ethyl adjacent to an activating group) is 1. The van der Waals surface area contributed by atoms with Crippen LogP contribution < -0.4 is 5.32 Å². The summed E-state index contributed by atoms with van der Waals surface area (Å²) in [6.07, 6.45) is 0. The van der Waals surface area contributed by atoms with Gasteiger partial charge in [0, 0.05) is 19.2 Å². The smallest absolute Gasteiger partial charge is 0.275 e. The van der Waals surface area contributed by atoms with Gasteiger partial charge in [-0.1, -0.05) is 29.0 Å². The fraction of sp³-hybridized carbons (Fsp3) is 0.400. The summed E-state index contributed by atoms with van der Waals surface area (Å²) in [7, 11) is 1.61. The number of rotatable bonds is 5. The van der Waals surface area contributed by atoms with E-state index in [2.05, 4.69) is 15.4 Å². The van der Waals surface area contributed by atoms with Crippen molar-refractivity contribution in [3.05, 3.63) is 41.1 Å². The summed E-state index contributed by atoms with van der Waals surface area (Å²) in [4.78, 5) is 31.3. The predicted molar refractivity (Wildman–Crippen MR) is 114 cm³/mol. The first kappa shape index (κ1) is 20.9. The maximum absolute atomic E-state index is 12.8. The molecule has 0 fully saturated rings. The molecule has 9 heteroatoms. The molecule has 0 aliphatic carbocycles. The number of benzene rings is 1. The zero-order chi connectivity index (χ0) is 21.3. The van der Waals surface area contributed by atoms with Crippen LogP contribution in [0.5, 0.6) is 0 Å². The molecule has 3 rings (SSSR count). The molecule has 1 aromatic carbocycles. The molecule has 0 saturated heterocycles. The van der Waals surface area contributed by atoms with E-state index >= 15 is 0 Å². The second-order valence-electron chi connectivity index (χ2n) is 7.87. The first-order chi connectivity index (χ1) is 13.6. The van der Waals surface area contributed by atoms with E-state index in [0.29, 0.717) is 21.0 Å². The second kappa shape index (κ2) is 7.92. The molecule has 0 saturated carbocycles. The molecule has 0 aliphatic heterocycles. The van der Waals surface area contributed by atoms with E-state index in [-0.39, 0.29) is 30.7 Å². The van der Waals surface area contributed by atoms with Gasteiger partial charge in [-0.2, -0.15) is 10.1 Å². The molecule has 0 aliphatic rings. The molecule has 2 aromatic heterocycles. The van der Waals surface area contributed by atoms with E-state index in [1.54, 1.807) is 23.9 Å². The van der Waals surface area contributed by atoms with Crippen molar-refractivity contribution >= 4 is 38.6 Å². The molecule has 3 aromatic rings. The zero-order valence-electron chi connectivity index (χ0n) is 17.2. The van der Waals surface area contributed by atoms with Crippen molar-refractivity contribution in [3.8, 4) is 0 Å². The zero-order valence-corrected chi connectivity index (χ0v) is 18.0. The summed E-state index contributed by atoms with van der Waals surface area (Å²) >= 11 is 1.21. The molecular formula is C20H25N5O3S. The number of fused-ring (bicyclic) bond motifs is 1. The highest BCUT2D eigenvalue weighted by molar-refractivity contribution is 7.22. The Morgan fingerprint density at radius 1 is 1.24 bits per heavy atom. The first-order valence-electron chi connectivity index (χ1n) is 9.26. The molecule has 29 heavy (non-hydrogen) atoms. The molecule has 2 N–H and O–H groups in total. The van der Waals surface area contributed by atoms with Crippen LogP contribution in [0.3, 0.4) is 0 Å². The number of aliphatic hydroxyl groups excluding tert-OH is 1. The molecular weight excluding hydrogens is 390 g/mol. The SMILES string of the molecule is Cc1ccc(C(=O)Nc2nc3c(s2)c(C(=O)N(C)CCO)nn3C(C)(C)C)cc1. The largest absolute Gasteiger partial charge is 0.395 e. The van der Waals surface area contributed by atoms with Crippen LogP contribution in [0, 0.1) is 6.92 Å². The van der Waals surface area contributed by atoms with Crippen LogP contribution in [0.4, 0.5) is 5.13 Å². The molecule has 2 heterocycles. The number of thiazole rings is 1. The maximum atomic E-state index is 12.8. The topological polar surface area (TPSA) is 100 Å². The Morgan fingerprint density at radius 2 is 1.90 bits per heavy atom. The molecule has 0 radical (unpaired) electrons. The molecule has 154 valence electrons. The van der Waals surface area contributed by atoms with E-state index in [1.807, 2.05) is 39.8 Å². The van der Waals surface area contributed by atoms with E-state index in [9.17, 15) is 9.59 Å². The Kier molecular flexibility index (Phi) is 5.72. The number of hydrogen-bond acceptors (Lipinski definition) is 6. The Balaban J connectivity index is 1.99. The fourth-order valence-corrected chi connectivity index (χ4v) is 3.69. The quantitative estimate of drug-likeness (QED) is 0.667. The van der Waals surface area contributed by atoms with Crippen LogP contribution in [-0.4, -0.2) is 56.8 Å². The van der Waals surface area contributed by atoms with E-state index in [4.69, 9.17) is 5.11 Å². The number of amides is 2. The van der Waals surface area contributed by atoms with E-state index in [0.717, 1.165) is 5.56 Å². The Morgan fingerprint density at radius 3 is 2.48 bits per heavy atom. The van der Waals surface area contributed by atoms with Crippen molar-refractivity contribution in [2.75, 3.05) is 25.5 Å². The van der Waals surface area contributed by atoms with Crippen molar-refractivity contribution in [1.29, 1.82) is 0 Å². The van der Waals surface area contributed by atoms with Crippen molar-refractivity contribution in [2.45, 2.75) is 33.2 Å². The van der Waals surface area contributed by atoms with Gasteiger partial charge in [0.15, 0.2) is 16.5 Å². The summed E-state index contributed by atoms with van der Waals surface area (Å²) in [6, 6.07) is 7.26.